The van der Waals surface area contributed by atoms with Crippen molar-refractivity contribution in [2.45, 2.75) is 0 Å². The molecule has 0 aliphatic carbocycles. The average molecular weight is 831 g/mol. The molecule has 13 rings (SSSR count). The molecule has 0 saturated carbocycles. The molecule has 0 spiro atoms. The quantitative estimate of drug-likeness (QED) is 0.167. The molecule has 9 aromatic carbocycles. The maximum atomic E-state index is 11.1. The minimum absolute atomic E-state index is 0.481. The second-order valence-electron chi connectivity index (χ2n) is 16.3. The number of nitriles is 1. The first-order valence-corrected chi connectivity index (χ1v) is 21.6. The number of rotatable bonds is 6. The Balaban J connectivity index is 1.03. The molecule has 0 unspecified atom stereocenters. The number of fused-ring (bicyclic) bond motifs is 10. The zero-order valence-corrected chi connectivity index (χ0v) is 34.7. The standard InChI is InChI=1S/C58H34N6O/c59-35-39-33-38(57-60-56(37-17-5-2-6-18-37)61-58(62-57)45-22-8-7-19-41(45)36-15-3-1-4-16-36)27-30-48(39)64-49-24-12-9-20-42(49)44-29-31-51-54(55(44)64)46-23-10-13-25-50(46)63(51)40-28-32-53-47(34-40)43-21-11-14-26-52(43)65-53/h1-34H. The number of hydrogen-bond donors (Lipinski definition) is 0. The number of benzene rings is 9. The van der Waals surface area contributed by atoms with Crippen molar-refractivity contribution in [2.24, 2.45) is 0 Å². The van der Waals surface area contributed by atoms with Gasteiger partial charge in [0.25, 0.3) is 0 Å². The van der Waals surface area contributed by atoms with Gasteiger partial charge in [-0.25, -0.2) is 15.0 Å². The Labute approximate surface area is 372 Å². The van der Waals surface area contributed by atoms with Crippen LogP contribution in [-0.2, 0) is 0 Å². The van der Waals surface area contributed by atoms with E-state index in [9.17, 15) is 5.26 Å². The van der Waals surface area contributed by atoms with Gasteiger partial charge in [0.15, 0.2) is 17.5 Å². The van der Waals surface area contributed by atoms with Crippen molar-refractivity contribution >= 4 is 65.6 Å². The van der Waals surface area contributed by atoms with E-state index in [2.05, 4.69) is 130 Å². The van der Waals surface area contributed by atoms with Crippen LogP contribution in [0.3, 0.4) is 0 Å². The molecule has 0 aliphatic heterocycles. The summed E-state index contributed by atoms with van der Waals surface area (Å²) in [7, 11) is 0. The van der Waals surface area contributed by atoms with E-state index >= 15 is 0 Å². The van der Waals surface area contributed by atoms with E-state index in [1.807, 2.05) is 91.0 Å². The largest absolute Gasteiger partial charge is 0.456 e. The summed E-state index contributed by atoms with van der Waals surface area (Å²) < 4.78 is 10.9. The molecule has 0 saturated heterocycles. The molecule has 0 aliphatic rings. The molecule has 0 bridgehead atoms. The first-order chi connectivity index (χ1) is 32.2. The zero-order chi connectivity index (χ0) is 43.0. The first-order valence-electron chi connectivity index (χ1n) is 21.6. The Kier molecular flexibility index (Phi) is 8.14. The van der Waals surface area contributed by atoms with Gasteiger partial charge in [0.1, 0.15) is 17.2 Å². The molecule has 4 heterocycles. The molecule has 65 heavy (non-hydrogen) atoms. The topological polar surface area (TPSA) is 85.5 Å². The van der Waals surface area contributed by atoms with Crippen molar-refractivity contribution in [3.05, 3.63) is 212 Å². The Morgan fingerprint density at radius 3 is 1.80 bits per heavy atom. The van der Waals surface area contributed by atoms with E-state index in [1.165, 1.54) is 0 Å². The van der Waals surface area contributed by atoms with Crippen LogP contribution in [0.4, 0.5) is 0 Å². The van der Waals surface area contributed by atoms with Crippen LogP contribution in [0.15, 0.2) is 211 Å². The van der Waals surface area contributed by atoms with Gasteiger partial charge in [-0.05, 0) is 71.8 Å². The van der Waals surface area contributed by atoms with E-state index in [0.717, 1.165) is 99.2 Å². The highest BCUT2D eigenvalue weighted by Gasteiger charge is 2.23. The maximum Gasteiger partial charge on any atom is 0.164 e. The van der Waals surface area contributed by atoms with Crippen molar-refractivity contribution in [1.82, 2.24) is 24.1 Å². The van der Waals surface area contributed by atoms with Gasteiger partial charge in [-0.3, -0.25) is 0 Å². The van der Waals surface area contributed by atoms with Crippen LogP contribution >= 0.6 is 0 Å². The molecule has 0 N–H and O–H groups in total. The third-order valence-corrected chi connectivity index (χ3v) is 12.6. The number of para-hydroxylation sites is 3. The summed E-state index contributed by atoms with van der Waals surface area (Å²) in [4.78, 5) is 15.3. The van der Waals surface area contributed by atoms with Crippen LogP contribution in [0, 0.1) is 11.3 Å². The lowest BCUT2D eigenvalue weighted by atomic mass is 9.99. The van der Waals surface area contributed by atoms with E-state index in [0.29, 0.717) is 28.6 Å². The average Bonchev–Trinajstić information content (AvgIpc) is 4.04. The van der Waals surface area contributed by atoms with Gasteiger partial charge < -0.3 is 13.6 Å². The molecular weight excluding hydrogens is 797 g/mol. The maximum absolute atomic E-state index is 11.1. The van der Waals surface area contributed by atoms with Crippen LogP contribution < -0.4 is 0 Å². The summed E-state index contributed by atoms with van der Waals surface area (Å²) in [6.45, 7) is 0. The molecule has 302 valence electrons. The minimum atomic E-state index is 0.481. The van der Waals surface area contributed by atoms with Gasteiger partial charge in [0.05, 0.1) is 33.3 Å². The number of furan rings is 1. The van der Waals surface area contributed by atoms with Crippen LogP contribution in [-0.4, -0.2) is 24.1 Å². The fraction of sp³-hybridized carbons (Fsp3) is 0. The lowest BCUT2D eigenvalue weighted by Crippen LogP contribution is -2.02. The number of nitrogens with zero attached hydrogens (tertiary/aromatic N) is 6. The molecular formula is C58H34N6O. The number of hydrogen-bond acceptors (Lipinski definition) is 5. The SMILES string of the molecule is N#Cc1cc(-c2nc(-c3ccccc3)nc(-c3ccccc3-c3ccccc3)n2)ccc1-n1c2ccccc2c2ccc3c(c4ccccc4n3-c3ccc4oc5ccccc5c4c3)c21. The lowest BCUT2D eigenvalue weighted by Gasteiger charge is -2.14. The van der Waals surface area contributed by atoms with E-state index < -0.39 is 0 Å². The molecule has 0 atom stereocenters. The lowest BCUT2D eigenvalue weighted by molar-refractivity contribution is 0.669. The zero-order valence-electron chi connectivity index (χ0n) is 34.7. The highest BCUT2D eigenvalue weighted by atomic mass is 16.3. The molecule has 0 amide bonds. The molecule has 7 heteroatoms. The minimum Gasteiger partial charge on any atom is -0.456 e. The fourth-order valence-electron chi connectivity index (χ4n) is 9.74. The van der Waals surface area contributed by atoms with Crippen LogP contribution in [0.5, 0.6) is 0 Å². The van der Waals surface area contributed by atoms with Crippen molar-refractivity contribution in [1.29, 1.82) is 5.26 Å². The predicted octanol–water partition coefficient (Wildman–Crippen LogP) is 14.5. The second kappa shape index (κ2) is 14.5. The Hall–Kier alpha value is -9.12. The van der Waals surface area contributed by atoms with Gasteiger partial charge in [-0.1, -0.05) is 146 Å². The fourth-order valence-corrected chi connectivity index (χ4v) is 9.74. The van der Waals surface area contributed by atoms with Crippen molar-refractivity contribution < 1.29 is 4.42 Å². The van der Waals surface area contributed by atoms with Crippen LogP contribution in [0.1, 0.15) is 5.56 Å². The summed E-state index contributed by atoms with van der Waals surface area (Å²) in [5.41, 5.74) is 12.8. The number of aromatic nitrogens is 5. The Morgan fingerprint density at radius 2 is 1.02 bits per heavy atom. The molecule has 7 nitrogen and oxygen atoms in total. The van der Waals surface area contributed by atoms with Crippen LogP contribution in [0.25, 0.3) is 122 Å². The van der Waals surface area contributed by atoms with Crippen molar-refractivity contribution in [3.63, 3.8) is 0 Å². The highest BCUT2D eigenvalue weighted by molar-refractivity contribution is 6.26. The monoisotopic (exact) mass is 830 g/mol. The van der Waals surface area contributed by atoms with E-state index in [-0.39, 0.29) is 0 Å². The Morgan fingerprint density at radius 1 is 0.400 bits per heavy atom. The van der Waals surface area contributed by atoms with Gasteiger partial charge in [-0.2, -0.15) is 5.26 Å². The van der Waals surface area contributed by atoms with E-state index in [1.54, 1.807) is 0 Å². The van der Waals surface area contributed by atoms with Gasteiger partial charge in [0.2, 0.25) is 0 Å². The third kappa shape index (κ3) is 5.71. The summed E-state index contributed by atoms with van der Waals surface area (Å²) in [6.07, 6.45) is 0. The molecule has 0 radical (unpaired) electrons. The third-order valence-electron chi connectivity index (χ3n) is 12.6. The van der Waals surface area contributed by atoms with Gasteiger partial charge in [0, 0.05) is 54.7 Å². The summed E-state index contributed by atoms with van der Waals surface area (Å²) >= 11 is 0. The highest BCUT2D eigenvalue weighted by Crippen LogP contribution is 2.43. The molecule has 0 fully saturated rings. The smallest absolute Gasteiger partial charge is 0.164 e. The molecule has 4 aromatic heterocycles. The normalized spacial score (nSPS) is 11.7. The predicted molar refractivity (Wildman–Crippen MR) is 262 cm³/mol. The summed E-state index contributed by atoms with van der Waals surface area (Å²) in [5.74, 6) is 1.59. The summed E-state index contributed by atoms with van der Waals surface area (Å²) in [6, 6.07) is 73.1. The molecule has 13 aromatic rings. The van der Waals surface area contributed by atoms with Gasteiger partial charge in [-0.15, -0.1) is 0 Å². The van der Waals surface area contributed by atoms with E-state index in [4.69, 9.17) is 19.4 Å². The summed E-state index contributed by atoms with van der Waals surface area (Å²) in [5, 5.41) is 17.7. The first kappa shape index (κ1) is 36.5. The second-order valence-corrected chi connectivity index (χ2v) is 16.3. The van der Waals surface area contributed by atoms with Crippen molar-refractivity contribution in [3.8, 4) is 62.7 Å². The van der Waals surface area contributed by atoms with Crippen molar-refractivity contribution in [2.75, 3.05) is 0 Å². The van der Waals surface area contributed by atoms with Crippen LogP contribution in [0.2, 0.25) is 0 Å². The Bertz CT molecular complexity index is 4080. The van der Waals surface area contributed by atoms with Gasteiger partial charge >= 0.3 is 0 Å².